The van der Waals surface area contributed by atoms with Gasteiger partial charge in [0.1, 0.15) is 17.2 Å². The zero-order chi connectivity index (χ0) is 29.6. The Hall–Kier alpha value is -4.09. The van der Waals surface area contributed by atoms with Crippen molar-refractivity contribution in [1.82, 2.24) is 26.3 Å². The van der Waals surface area contributed by atoms with Gasteiger partial charge in [-0.2, -0.15) is 13.2 Å². The minimum absolute atomic E-state index is 0.00940. The summed E-state index contributed by atoms with van der Waals surface area (Å²) in [6, 6.07) is 2.75. The van der Waals surface area contributed by atoms with Gasteiger partial charge in [-0.25, -0.2) is 4.79 Å². The Balaban J connectivity index is 1.37. The van der Waals surface area contributed by atoms with Crippen LogP contribution in [0.15, 0.2) is 65.2 Å². The predicted octanol–water partition coefficient (Wildman–Crippen LogP) is 4.28. The van der Waals surface area contributed by atoms with Crippen LogP contribution in [0, 0.1) is 17.8 Å². The fourth-order valence-electron chi connectivity index (χ4n) is 5.29. The van der Waals surface area contributed by atoms with E-state index in [1.807, 2.05) is 12.2 Å². The van der Waals surface area contributed by atoms with Crippen molar-refractivity contribution in [3.05, 3.63) is 70.9 Å². The molecule has 1 saturated carbocycles. The number of fused-ring (bicyclic) bond motifs is 1. The van der Waals surface area contributed by atoms with Crippen molar-refractivity contribution in [3.8, 4) is 5.75 Å². The van der Waals surface area contributed by atoms with Crippen molar-refractivity contribution in [2.24, 2.45) is 17.8 Å². The Bertz CT molecular complexity index is 1300. The van der Waals surface area contributed by atoms with Crippen LogP contribution in [0.4, 0.5) is 18.0 Å². The van der Waals surface area contributed by atoms with Crippen LogP contribution in [-0.2, 0) is 4.79 Å². The third kappa shape index (κ3) is 7.99. The minimum atomic E-state index is -4.58. The number of carbonyl (C=O) groups is 3. The molecule has 1 aromatic rings. The summed E-state index contributed by atoms with van der Waals surface area (Å²) in [5.41, 5.74) is 0.782. The van der Waals surface area contributed by atoms with Crippen LogP contribution >= 0.6 is 0 Å². The van der Waals surface area contributed by atoms with E-state index in [4.69, 9.17) is 4.74 Å². The molecule has 4 rings (SSSR count). The van der Waals surface area contributed by atoms with Crippen LogP contribution < -0.4 is 26.0 Å². The molecule has 0 saturated heterocycles. The molecule has 1 heterocycles. The summed E-state index contributed by atoms with van der Waals surface area (Å²) in [6.45, 7) is 2.15. The number of alkyl halides is 3. The lowest BCUT2D eigenvalue weighted by Gasteiger charge is -2.34. The van der Waals surface area contributed by atoms with Crippen molar-refractivity contribution >= 4 is 17.8 Å². The lowest BCUT2D eigenvalue weighted by molar-refractivity contribution is -0.125. The molecule has 0 spiro atoms. The van der Waals surface area contributed by atoms with Crippen LogP contribution in [0.25, 0.3) is 0 Å². The van der Waals surface area contributed by atoms with E-state index in [0.29, 0.717) is 43.7 Å². The van der Waals surface area contributed by atoms with Crippen LogP contribution in [0.1, 0.15) is 49.5 Å². The van der Waals surface area contributed by atoms with Gasteiger partial charge in [0.15, 0.2) is 0 Å². The number of halogens is 3. The fourth-order valence-corrected chi connectivity index (χ4v) is 5.29. The van der Waals surface area contributed by atoms with Crippen molar-refractivity contribution < 1.29 is 32.3 Å². The molecule has 1 fully saturated rings. The number of nitrogens with one attached hydrogen (secondary N) is 4. The summed E-state index contributed by atoms with van der Waals surface area (Å²) in [4.78, 5) is 40.9. The van der Waals surface area contributed by atoms with Gasteiger partial charge in [-0.1, -0.05) is 17.7 Å². The molecule has 3 atom stereocenters. The molecule has 4 N–H and O–H groups in total. The smallest absolute Gasteiger partial charge is 0.416 e. The van der Waals surface area contributed by atoms with Crippen molar-refractivity contribution in [3.63, 3.8) is 0 Å². The number of pyridine rings is 1. The number of carbonyl (C=O) groups excluding carboxylic acids is 3. The van der Waals surface area contributed by atoms with Gasteiger partial charge in [0, 0.05) is 56.4 Å². The first-order chi connectivity index (χ1) is 19.5. The second-order valence-electron chi connectivity index (χ2n) is 10.3. The number of hydrogen-bond donors (Lipinski definition) is 4. The molecule has 220 valence electrons. The van der Waals surface area contributed by atoms with E-state index in [-0.39, 0.29) is 48.0 Å². The van der Waals surface area contributed by atoms with E-state index in [1.165, 1.54) is 18.8 Å². The average molecular weight is 574 g/mol. The Labute approximate surface area is 236 Å². The summed E-state index contributed by atoms with van der Waals surface area (Å²) in [7, 11) is 1.52. The lowest BCUT2D eigenvalue weighted by Crippen LogP contribution is -2.40. The SMILES string of the molecule is CCNC(=O)NCC1C=C(C(F)(F)F)C=C(NC(=O)C2CCC3=CC=C(Oc4ccnc(C(=O)NC)c4)CC3C2)C1. The molecule has 0 aromatic carbocycles. The Kier molecular flexibility index (Phi) is 9.51. The zero-order valence-corrected chi connectivity index (χ0v) is 22.9. The summed E-state index contributed by atoms with van der Waals surface area (Å²) in [5.74, 6) is -0.407. The monoisotopic (exact) mass is 573 g/mol. The highest BCUT2D eigenvalue weighted by molar-refractivity contribution is 5.92. The fraction of sp³-hybridized carbons (Fsp3) is 0.448. The Morgan fingerprint density at radius 1 is 1.15 bits per heavy atom. The van der Waals surface area contributed by atoms with E-state index in [0.717, 1.165) is 12.2 Å². The van der Waals surface area contributed by atoms with Gasteiger partial charge in [0.25, 0.3) is 5.91 Å². The number of amides is 4. The Morgan fingerprint density at radius 2 is 1.95 bits per heavy atom. The largest absolute Gasteiger partial charge is 0.462 e. The van der Waals surface area contributed by atoms with Crippen LogP contribution in [-0.4, -0.2) is 49.1 Å². The van der Waals surface area contributed by atoms with E-state index < -0.39 is 23.7 Å². The minimum Gasteiger partial charge on any atom is -0.462 e. The summed E-state index contributed by atoms with van der Waals surface area (Å²) in [6.07, 6.45) is 5.43. The second-order valence-corrected chi connectivity index (χ2v) is 10.3. The van der Waals surface area contributed by atoms with Gasteiger partial charge in [0.2, 0.25) is 5.91 Å². The lowest BCUT2D eigenvalue weighted by atomic mass is 9.74. The van der Waals surface area contributed by atoms with Gasteiger partial charge in [-0.05, 0) is 56.7 Å². The number of hydrogen-bond acceptors (Lipinski definition) is 5. The number of nitrogens with zero attached hydrogens (tertiary/aromatic N) is 1. The molecule has 4 amide bonds. The molecule has 0 radical (unpaired) electrons. The topological polar surface area (TPSA) is 121 Å². The maximum atomic E-state index is 13.6. The summed E-state index contributed by atoms with van der Waals surface area (Å²) >= 11 is 0. The Morgan fingerprint density at radius 3 is 2.68 bits per heavy atom. The van der Waals surface area contributed by atoms with Gasteiger partial charge in [-0.3, -0.25) is 14.6 Å². The quantitative estimate of drug-likeness (QED) is 0.370. The third-order valence-corrected chi connectivity index (χ3v) is 7.32. The molecular formula is C29H34F3N5O4. The van der Waals surface area contributed by atoms with Gasteiger partial charge in [-0.15, -0.1) is 0 Å². The highest BCUT2D eigenvalue weighted by Crippen LogP contribution is 2.40. The van der Waals surface area contributed by atoms with E-state index in [9.17, 15) is 27.6 Å². The molecular weight excluding hydrogens is 539 g/mol. The number of aromatic nitrogens is 1. The molecule has 41 heavy (non-hydrogen) atoms. The number of rotatable bonds is 8. The summed E-state index contributed by atoms with van der Waals surface area (Å²) < 4.78 is 46.8. The van der Waals surface area contributed by atoms with E-state index in [1.54, 1.807) is 19.1 Å². The van der Waals surface area contributed by atoms with E-state index >= 15 is 0 Å². The molecule has 3 aliphatic rings. The van der Waals surface area contributed by atoms with Crippen molar-refractivity contribution in [2.75, 3.05) is 20.1 Å². The molecule has 9 nitrogen and oxygen atoms in total. The average Bonchev–Trinajstić information content (AvgIpc) is 2.95. The first-order valence-electron chi connectivity index (χ1n) is 13.6. The maximum Gasteiger partial charge on any atom is 0.416 e. The molecule has 0 aliphatic heterocycles. The maximum absolute atomic E-state index is 13.6. The molecule has 3 aliphatic carbocycles. The first-order valence-corrected chi connectivity index (χ1v) is 13.6. The van der Waals surface area contributed by atoms with Crippen LogP contribution in [0.5, 0.6) is 5.75 Å². The standard InChI is InChI=1S/C29H34F3N5O4/c1-3-34-28(40)36-16-17-10-21(29(30,31)32)14-22(11-17)37-26(38)19-5-4-18-6-7-23(13-20(18)12-19)41-24-8-9-35-25(15-24)27(39)33-2/h6-10,14-15,17,19-20H,3-5,11-13,16H2,1-2H3,(H,33,39)(H,37,38)(H2,34,36,40). The zero-order valence-electron chi connectivity index (χ0n) is 22.9. The van der Waals surface area contributed by atoms with Gasteiger partial charge >= 0.3 is 12.2 Å². The molecule has 0 bridgehead atoms. The molecule has 3 unspecified atom stereocenters. The normalized spacial score (nSPS) is 22.1. The third-order valence-electron chi connectivity index (χ3n) is 7.32. The highest BCUT2D eigenvalue weighted by Gasteiger charge is 2.37. The van der Waals surface area contributed by atoms with Gasteiger partial charge in [0.05, 0.1) is 5.57 Å². The summed E-state index contributed by atoms with van der Waals surface area (Å²) in [5, 5.41) is 10.4. The highest BCUT2D eigenvalue weighted by atomic mass is 19.4. The molecule has 1 aromatic heterocycles. The number of urea groups is 1. The van der Waals surface area contributed by atoms with Crippen molar-refractivity contribution in [1.29, 1.82) is 0 Å². The number of ether oxygens (including phenoxy) is 1. The first kappa shape index (κ1) is 29.9. The van der Waals surface area contributed by atoms with Gasteiger partial charge < -0.3 is 26.0 Å². The van der Waals surface area contributed by atoms with Crippen molar-refractivity contribution in [2.45, 2.75) is 45.2 Å². The van der Waals surface area contributed by atoms with E-state index in [2.05, 4.69) is 26.3 Å². The van der Waals surface area contributed by atoms with Crippen LogP contribution in [0.3, 0.4) is 0 Å². The van der Waals surface area contributed by atoms with Crippen LogP contribution in [0.2, 0.25) is 0 Å². The predicted molar refractivity (Wildman–Crippen MR) is 145 cm³/mol. The second kappa shape index (κ2) is 13.0. The number of allylic oxidation sites excluding steroid dienone is 7. The molecule has 12 heteroatoms.